The standard InChI is InChI=1S/C18H14INO3/c1-2-22-15-8-6-12(7-9-15)10-16-18(21)23-17(20-16)13-4-3-5-14(19)11-13/h3-11H,2H2,1H3. The molecule has 0 saturated carbocycles. The molecule has 4 nitrogen and oxygen atoms in total. The van der Waals surface area contributed by atoms with Gasteiger partial charge >= 0.3 is 5.97 Å². The third-order valence-corrected chi connectivity index (χ3v) is 3.86. The van der Waals surface area contributed by atoms with Crippen molar-refractivity contribution in [1.29, 1.82) is 0 Å². The van der Waals surface area contributed by atoms with Crippen LogP contribution < -0.4 is 4.74 Å². The summed E-state index contributed by atoms with van der Waals surface area (Å²) in [6.07, 6.45) is 1.71. The van der Waals surface area contributed by atoms with E-state index in [2.05, 4.69) is 27.6 Å². The van der Waals surface area contributed by atoms with E-state index in [1.807, 2.05) is 55.5 Å². The van der Waals surface area contributed by atoms with Crippen LogP contribution in [0, 0.1) is 3.57 Å². The normalized spacial score (nSPS) is 15.5. The summed E-state index contributed by atoms with van der Waals surface area (Å²) < 4.78 is 11.7. The molecule has 0 radical (unpaired) electrons. The van der Waals surface area contributed by atoms with Crippen LogP contribution in [0.4, 0.5) is 0 Å². The number of benzene rings is 2. The first kappa shape index (κ1) is 15.7. The van der Waals surface area contributed by atoms with Crippen LogP contribution in [0.2, 0.25) is 0 Å². The number of esters is 1. The molecule has 1 aliphatic rings. The van der Waals surface area contributed by atoms with Gasteiger partial charge in [-0.25, -0.2) is 9.79 Å². The summed E-state index contributed by atoms with van der Waals surface area (Å²) in [4.78, 5) is 16.3. The predicted octanol–water partition coefficient (Wildman–Crippen LogP) is 4.03. The molecule has 1 aliphatic heterocycles. The Morgan fingerprint density at radius 1 is 1.22 bits per heavy atom. The summed E-state index contributed by atoms with van der Waals surface area (Å²) in [6.45, 7) is 2.56. The maximum Gasteiger partial charge on any atom is 0.363 e. The van der Waals surface area contributed by atoms with Crippen LogP contribution in [-0.4, -0.2) is 18.5 Å². The minimum absolute atomic E-state index is 0.294. The molecule has 0 fully saturated rings. The quantitative estimate of drug-likeness (QED) is 0.427. The van der Waals surface area contributed by atoms with E-state index in [1.54, 1.807) is 6.08 Å². The molecule has 3 rings (SSSR count). The molecule has 116 valence electrons. The number of rotatable bonds is 4. The SMILES string of the molecule is CCOc1ccc(C=C2N=C(c3cccc(I)c3)OC2=O)cc1. The Bertz CT molecular complexity index is 794. The zero-order chi connectivity index (χ0) is 16.2. The van der Waals surface area contributed by atoms with Gasteiger partial charge in [0.15, 0.2) is 5.70 Å². The molecule has 0 bridgehead atoms. The molecule has 2 aromatic carbocycles. The van der Waals surface area contributed by atoms with Crippen LogP contribution in [0.1, 0.15) is 18.1 Å². The topological polar surface area (TPSA) is 47.9 Å². The molecule has 0 unspecified atom stereocenters. The maximum absolute atomic E-state index is 12.0. The van der Waals surface area contributed by atoms with E-state index in [0.717, 1.165) is 20.4 Å². The van der Waals surface area contributed by atoms with Crippen LogP contribution in [0.3, 0.4) is 0 Å². The molecule has 0 aromatic heterocycles. The van der Waals surface area contributed by atoms with E-state index in [-0.39, 0.29) is 0 Å². The van der Waals surface area contributed by atoms with E-state index in [1.165, 1.54) is 0 Å². The first-order valence-electron chi connectivity index (χ1n) is 7.17. The molecule has 0 saturated heterocycles. The molecule has 23 heavy (non-hydrogen) atoms. The van der Waals surface area contributed by atoms with Crippen molar-refractivity contribution in [2.24, 2.45) is 4.99 Å². The second kappa shape index (κ2) is 6.95. The van der Waals surface area contributed by atoms with Gasteiger partial charge in [-0.15, -0.1) is 0 Å². The van der Waals surface area contributed by atoms with Gasteiger partial charge in [0.1, 0.15) is 5.75 Å². The summed E-state index contributed by atoms with van der Waals surface area (Å²) in [5.41, 5.74) is 1.96. The van der Waals surface area contributed by atoms with E-state index in [0.29, 0.717) is 18.2 Å². The van der Waals surface area contributed by atoms with Crippen LogP contribution >= 0.6 is 22.6 Å². The molecule has 0 spiro atoms. The average molecular weight is 419 g/mol. The molecular weight excluding hydrogens is 405 g/mol. The van der Waals surface area contributed by atoms with E-state index in [4.69, 9.17) is 9.47 Å². The highest BCUT2D eigenvalue weighted by Gasteiger charge is 2.24. The van der Waals surface area contributed by atoms with Crippen molar-refractivity contribution in [1.82, 2.24) is 0 Å². The highest BCUT2D eigenvalue weighted by Crippen LogP contribution is 2.21. The van der Waals surface area contributed by atoms with Gasteiger partial charge in [0, 0.05) is 9.13 Å². The zero-order valence-electron chi connectivity index (χ0n) is 12.5. The monoisotopic (exact) mass is 419 g/mol. The van der Waals surface area contributed by atoms with Crippen LogP contribution in [-0.2, 0) is 9.53 Å². The summed E-state index contributed by atoms with van der Waals surface area (Å²) >= 11 is 2.21. The molecule has 1 heterocycles. The average Bonchev–Trinajstić information content (AvgIpc) is 2.91. The Balaban J connectivity index is 1.85. The Morgan fingerprint density at radius 3 is 2.70 bits per heavy atom. The van der Waals surface area contributed by atoms with Crippen molar-refractivity contribution in [3.8, 4) is 5.75 Å². The van der Waals surface area contributed by atoms with Crippen molar-refractivity contribution >= 4 is 40.5 Å². The van der Waals surface area contributed by atoms with Gasteiger partial charge in [-0.1, -0.05) is 18.2 Å². The minimum atomic E-state index is -0.437. The van der Waals surface area contributed by atoms with Gasteiger partial charge in [-0.2, -0.15) is 0 Å². The van der Waals surface area contributed by atoms with E-state index >= 15 is 0 Å². The Morgan fingerprint density at radius 2 is 2.00 bits per heavy atom. The lowest BCUT2D eigenvalue weighted by Crippen LogP contribution is -2.05. The first-order chi connectivity index (χ1) is 11.2. The number of ether oxygens (including phenoxy) is 2. The summed E-state index contributed by atoms with van der Waals surface area (Å²) in [5, 5.41) is 0. The largest absolute Gasteiger partial charge is 0.494 e. The highest BCUT2D eigenvalue weighted by atomic mass is 127. The number of hydrogen-bond donors (Lipinski definition) is 0. The lowest BCUT2D eigenvalue weighted by molar-refractivity contribution is -0.129. The predicted molar refractivity (Wildman–Crippen MR) is 97.4 cm³/mol. The van der Waals surface area contributed by atoms with Crippen molar-refractivity contribution in [2.75, 3.05) is 6.61 Å². The van der Waals surface area contributed by atoms with Gasteiger partial charge in [-0.05, 0) is 71.5 Å². The van der Waals surface area contributed by atoms with Crippen LogP contribution in [0.25, 0.3) is 6.08 Å². The lowest BCUT2D eigenvalue weighted by Gasteiger charge is -2.02. The Hall–Kier alpha value is -2.15. The maximum atomic E-state index is 12.0. The number of halogens is 1. The van der Waals surface area contributed by atoms with Crippen molar-refractivity contribution in [3.05, 3.63) is 68.9 Å². The second-order valence-corrected chi connectivity index (χ2v) is 6.09. The number of aliphatic imine (C=N–C) groups is 1. The number of nitrogens with zero attached hydrogens (tertiary/aromatic N) is 1. The molecule has 0 N–H and O–H groups in total. The molecule has 0 atom stereocenters. The fourth-order valence-electron chi connectivity index (χ4n) is 2.14. The molecule has 0 amide bonds. The molecule has 2 aromatic rings. The van der Waals surface area contributed by atoms with Crippen molar-refractivity contribution in [2.45, 2.75) is 6.92 Å². The third kappa shape index (κ3) is 3.79. The number of hydrogen-bond acceptors (Lipinski definition) is 4. The third-order valence-electron chi connectivity index (χ3n) is 3.19. The Labute approximate surface area is 148 Å². The van der Waals surface area contributed by atoms with Gasteiger partial charge in [0.05, 0.1) is 6.61 Å². The molecular formula is C18H14INO3. The fraction of sp³-hybridized carbons (Fsp3) is 0.111. The highest BCUT2D eigenvalue weighted by molar-refractivity contribution is 14.1. The minimum Gasteiger partial charge on any atom is -0.494 e. The zero-order valence-corrected chi connectivity index (χ0v) is 14.6. The van der Waals surface area contributed by atoms with Crippen molar-refractivity contribution < 1.29 is 14.3 Å². The number of carbonyl (C=O) groups is 1. The number of carbonyl (C=O) groups excluding carboxylic acids is 1. The summed E-state index contributed by atoms with van der Waals surface area (Å²) in [7, 11) is 0. The number of cyclic esters (lactones) is 1. The smallest absolute Gasteiger partial charge is 0.363 e. The van der Waals surface area contributed by atoms with Gasteiger partial charge < -0.3 is 9.47 Å². The van der Waals surface area contributed by atoms with Crippen LogP contribution in [0.5, 0.6) is 5.75 Å². The summed E-state index contributed by atoms with van der Waals surface area (Å²) in [5.74, 6) is 0.699. The van der Waals surface area contributed by atoms with Gasteiger partial charge in [0.2, 0.25) is 5.90 Å². The lowest BCUT2D eigenvalue weighted by atomic mass is 10.2. The Kier molecular flexibility index (Phi) is 4.76. The van der Waals surface area contributed by atoms with Crippen molar-refractivity contribution in [3.63, 3.8) is 0 Å². The van der Waals surface area contributed by atoms with E-state index < -0.39 is 5.97 Å². The second-order valence-electron chi connectivity index (χ2n) is 4.85. The van der Waals surface area contributed by atoms with E-state index in [9.17, 15) is 4.79 Å². The van der Waals surface area contributed by atoms with Crippen LogP contribution in [0.15, 0.2) is 59.2 Å². The fourth-order valence-corrected chi connectivity index (χ4v) is 2.68. The molecule has 0 aliphatic carbocycles. The first-order valence-corrected chi connectivity index (χ1v) is 8.25. The van der Waals surface area contributed by atoms with Gasteiger partial charge in [0.25, 0.3) is 0 Å². The molecule has 5 heteroatoms. The summed E-state index contributed by atoms with van der Waals surface area (Å²) in [6, 6.07) is 15.1. The van der Waals surface area contributed by atoms with Gasteiger partial charge in [-0.3, -0.25) is 0 Å².